The molecule has 0 unspecified atom stereocenters. The van der Waals surface area contributed by atoms with Crippen molar-refractivity contribution in [1.29, 1.82) is 0 Å². The van der Waals surface area contributed by atoms with Gasteiger partial charge >= 0.3 is 0 Å². The summed E-state index contributed by atoms with van der Waals surface area (Å²) in [4.78, 5) is 4.13. The fourth-order valence-electron chi connectivity index (χ4n) is 1.48. The third-order valence-corrected chi connectivity index (χ3v) is 3.19. The van der Waals surface area contributed by atoms with E-state index in [1.54, 1.807) is 30.5 Å². The SMILES string of the molecule is Cc1cc(CO)cnc1Oc1cccc(Cl)c1Cl. The fourth-order valence-corrected chi connectivity index (χ4v) is 1.81. The first-order valence-corrected chi connectivity index (χ1v) is 6.05. The highest BCUT2D eigenvalue weighted by Crippen LogP contribution is 2.34. The zero-order valence-corrected chi connectivity index (χ0v) is 11.2. The van der Waals surface area contributed by atoms with Crippen LogP contribution in [-0.4, -0.2) is 10.1 Å². The summed E-state index contributed by atoms with van der Waals surface area (Å²) in [6.45, 7) is 1.80. The number of benzene rings is 1. The molecule has 0 radical (unpaired) electrons. The van der Waals surface area contributed by atoms with Crippen molar-refractivity contribution in [1.82, 2.24) is 4.98 Å². The van der Waals surface area contributed by atoms with Gasteiger partial charge in [-0.3, -0.25) is 0 Å². The van der Waals surface area contributed by atoms with Crippen molar-refractivity contribution in [2.24, 2.45) is 0 Å². The van der Waals surface area contributed by atoms with Crippen LogP contribution in [0.1, 0.15) is 11.1 Å². The largest absolute Gasteiger partial charge is 0.437 e. The number of rotatable bonds is 3. The Labute approximate surface area is 115 Å². The maximum atomic E-state index is 9.00. The van der Waals surface area contributed by atoms with Gasteiger partial charge in [-0.25, -0.2) is 4.98 Å². The Kier molecular flexibility index (Phi) is 4.07. The molecule has 1 N–H and O–H groups in total. The standard InChI is InChI=1S/C13H11Cl2NO2/c1-8-5-9(7-17)6-16-13(8)18-11-4-2-3-10(14)12(11)15/h2-6,17H,7H2,1H3. The summed E-state index contributed by atoms with van der Waals surface area (Å²) in [5, 5.41) is 9.79. The summed E-state index contributed by atoms with van der Waals surface area (Å²) >= 11 is 11.9. The lowest BCUT2D eigenvalue weighted by Gasteiger charge is -2.10. The lowest BCUT2D eigenvalue weighted by atomic mass is 10.2. The highest BCUT2D eigenvalue weighted by atomic mass is 35.5. The van der Waals surface area contributed by atoms with Crippen LogP contribution in [0.3, 0.4) is 0 Å². The van der Waals surface area contributed by atoms with Crippen LogP contribution in [0.2, 0.25) is 10.0 Å². The van der Waals surface area contributed by atoms with Crippen molar-refractivity contribution in [2.75, 3.05) is 0 Å². The van der Waals surface area contributed by atoms with Crippen molar-refractivity contribution in [3.05, 3.63) is 51.6 Å². The number of aliphatic hydroxyl groups excluding tert-OH is 1. The molecule has 0 aliphatic carbocycles. The first-order valence-electron chi connectivity index (χ1n) is 5.30. The fraction of sp³-hybridized carbons (Fsp3) is 0.154. The van der Waals surface area contributed by atoms with E-state index in [4.69, 9.17) is 33.0 Å². The molecule has 3 nitrogen and oxygen atoms in total. The van der Waals surface area contributed by atoms with Gasteiger partial charge in [0.15, 0.2) is 0 Å². The average molecular weight is 284 g/mol. The van der Waals surface area contributed by atoms with Gasteiger partial charge in [0, 0.05) is 11.8 Å². The third-order valence-electron chi connectivity index (χ3n) is 2.39. The zero-order valence-electron chi connectivity index (χ0n) is 9.65. The molecule has 1 aromatic carbocycles. The molecule has 0 aliphatic rings. The number of aromatic nitrogens is 1. The van der Waals surface area contributed by atoms with Crippen LogP contribution >= 0.6 is 23.2 Å². The Bertz CT molecular complexity index is 573. The third kappa shape index (κ3) is 2.75. The van der Waals surface area contributed by atoms with E-state index in [2.05, 4.69) is 4.98 Å². The van der Waals surface area contributed by atoms with Crippen molar-refractivity contribution >= 4 is 23.2 Å². The molecule has 0 bridgehead atoms. The van der Waals surface area contributed by atoms with Crippen LogP contribution in [0.5, 0.6) is 11.6 Å². The molecule has 2 rings (SSSR count). The number of pyridine rings is 1. The van der Waals surface area contributed by atoms with Crippen LogP contribution in [-0.2, 0) is 6.61 Å². The van der Waals surface area contributed by atoms with E-state index in [0.717, 1.165) is 11.1 Å². The second kappa shape index (κ2) is 5.57. The molecular formula is C13H11Cl2NO2. The van der Waals surface area contributed by atoms with Gasteiger partial charge in [0.05, 0.1) is 11.6 Å². The summed E-state index contributed by atoms with van der Waals surface area (Å²) in [6.07, 6.45) is 1.56. The van der Waals surface area contributed by atoms with Gasteiger partial charge in [-0.15, -0.1) is 0 Å². The van der Waals surface area contributed by atoms with Crippen molar-refractivity contribution < 1.29 is 9.84 Å². The molecule has 18 heavy (non-hydrogen) atoms. The molecule has 0 saturated heterocycles. The Morgan fingerprint density at radius 2 is 2.11 bits per heavy atom. The molecule has 1 aromatic heterocycles. The molecule has 0 saturated carbocycles. The summed E-state index contributed by atoms with van der Waals surface area (Å²) < 4.78 is 5.61. The molecule has 0 amide bonds. The lowest BCUT2D eigenvalue weighted by Crippen LogP contribution is -1.94. The Balaban J connectivity index is 2.31. The van der Waals surface area contributed by atoms with Gasteiger partial charge in [0.1, 0.15) is 10.8 Å². The number of aliphatic hydroxyl groups is 1. The molecule has 5 heteroatoms. The predicted molar refractivity (Wildman–Crippen MR) is 71.4 cm³/mol. The first kappa shape index (κ1) is 13.1. The second-order valence-corrected chi connectivity index (χ2v) is 4.56. The number of hydrogen-bond donors (Lipinski definition) is 1. The molecular weight excluding hydrogens is 273 g/mol. The minimum absolute atomic E-state index is 0.0496. The van der Waals surface area contributed by atoms with Gasteiger partial charge < -0.3 is 9.84 Å². The second-order valence-electron chi connectivity index (χ2n) is 3.78. The number of halogens is 2. The molecule has 0 fully saturated rings. The average Bonchev–Trinajstić information content (AvgIpc) is 2.37. The van der Waals surface area contributed by atoms with Gasteiger partial charge in [0.25, 0.3) is 0 Å². The highest BCUT2D eigenvalue weighted by molar-refractivity contribution is 6.42. The molecule has 2 aromatic rings. The Hall–Kier alpha value is -1.29. The van der Waals surface area contributed by atoms with Gasteiger partial charge in [-0.05, 0) is 30.7 Å². The normalized spacial score (nSPS) is 10.4. The summed E-state index contributed by atoms with van der Waals surface area (Å²) in [5.41, 5.74) is 1.55. The molecule has 0 spiro atoms. The lowest BCUT2D eigenvalue weighted by molar-refractivity contribution is 0.281. The zero-order chi connectivity index (χ0) is 13.1. The van der Waals surface area contributed by atoms with E-state index >= 15 is 0 Å². The monoisotopic (exact) mass is 283 g/mol. The minimum atomic E-state index is -0.0496. The van der Waals surface area contributed by atoms with E-state index in [1.165, 1.54) is 0 Å². The molecule has 0 aliphatic heterocycles. The Morgan fingerprint density at radius 3 is 2.78 bits per heavy atom. The predicted octanol–water partition coefficient (Wildman–Crippen LogP) is 3.98. The summed E-state index contributed by atoms with van der Waals surface area (Å²) in [5.74, 6) is 0.896. The van der Waals surface area contributed by atoms with E-state index in [9.17, 15) is 0 Å². The van der Waals surface area contributed by atoms with Crippen molar-refractivity contribution in [2.45, 2.75) is 13.5 Å². The Morgan fingerprint density at radius 1 is 1.33 bits per heavy atom. The van der Waals surface area contributed by atoms with Crippen LogP contribution < -0.4 is 4.74 Å². The molecule has 0 atom stereocenters. The minimum Gasteiger partial charge on any atom is -0.437 e. The molecule has 1 heterocycles. The molecule has 94 valence electrons. The van der Waals surface area contributed by atoms with Crippen LogP contribution in [0.15, 0.2) is 30.5 Å². The van der Waals surface area contributed by atoms with E-state index in [-0.39, 0.29) is 6.61 Å². The quantitative estimate of drug-likeness (QED) is 0.926. The summed E-state index contributed by atoms with van der Waals surface area (Å²) in [6, 6.07) is 6.96. The van der Waals surface area contributed by atoms with E-state index < -0.39 is 0 Å². The number of hydrogen-bond acceptors (Lipinski definition) is 3. The first-order chi connectivity index (χ1) is 8.61. The number of ether oxygens (including phenoxy) is 1. The van der Waals surface area contributed by atoms with Gasteiger partial charge in [-0.2, -0.15) is 0 Å². The van der Waals surface area contributed by atoms with Gasteiger partial charge in [-0.1, -0.05) is 29.3 Å². The van der Waals surface area contributed by atoms with Crippen LogP contribution in [0.25, 0.3) is 0 Å². The topological polar surface area (TPSA) is 42.4 Å². The van der Waals surface area contributed by atoms with Gasteiger partial charge in [0.2, 0.25) is 5.88 Å². The van der Waals surface area contributed by atoms with E-state index in [1.807, 2.05) is 6.92 Å². The van der Waals surface area contributed by atoms with Crippen molar-refractivity contribution in [3.63, 3.8) is 0 Å². The number of aryl methyl sites for hydroxylation is 1. The highest BCUT2D eigenvalue weighted by Gasteiger charge is 2.09. The summed E-state index contributed by atoms with van der Waals surface area (Å²) in [7, 11) is 0. The maximum Gasteiger partial charge on any atom is 0.222 e. The van der Waals surface area contributed by atoms with E-state index in [0.29, 0.717) is 21.7 Å². The van der Waals surface area contributed by atoms with Crippen LogP contribution in [0.4, 0.5) is 0 Å². The maximum absolute atomic E-state index is 9.00. The smallest absolute Gasteiger partial charge is 0.222 e. The van der Waals surface area contributed by atoms with Crippen LogP contribution in [0, 0.1) is 6.92 Å². The van der Waals surface area contributed by atoms with Crippen molar-refractivity contribution in [3.8, 4) is 11.6 Å². The number of nitrogens with zero attached hydrogens (tertiary/aromatic N) is 1.